The van der Waals surface area contributed by atoms with E-state index in [9.17, 15) is 9.59 Å². The Hall–Kier alpha value is -2.64. The maximum Gasteiger partial charge on any atom is 0.410 e. The second kappa shape index (κ2) is 10.8. The third kappa shape index (κ3) is 6.68. The number of benzene rings is 2. The lowest BCUT2D eigenvalue weighted by atomic mass is 10.2. The molecule has 1 amide bonds. The zero-order valence-electron chi connectivity index (χ0n) is 19.9. The largest absolute Gasteiger partial charge is 0.444 e. The first-order valence-electron chi connectivity index (χ1n) is 10.8. The molecule has 0 fully saturated rings. The van der Waals surface area contributed by atoms with Gasteiger partial charge in [0.25, 0.3) is 14.8 Å². The number of carbonyl (C=O) groups excluding carboxylic acids is 2. The number of amides is 1. The minimum atomic E-state index is -2.71. The summed E-state index contributed by atoms with van der Waals surface area (Å²) in [5, 5.41) is 4.75. The Kier molecular flexibility index (Phi) is 8.63. The van der Waals surface area contributed by atoms with Gasteiger partial charge in [-0.05, 0) is 36.2 Å². The number of carbonyl (C=O) groups is 2. The van der Waals surface area contributed by atoms with Crippen molar-refractivity contribution in [2.45, 2.75) is 64.8 Å². The van der Waals surface area contributed by atoms with Gasteiger partial charge >= 0.3 is 6.09 Å². The molecule has 0 spiro atoms. The zero-order valence-corrected chi connectivity index (χ0v) is 20.9. The van der Waals surface area contributed by atoms with Crippen molar-refractivity contribution in [1.29, 1.82) is 0 Å². The minimum absolute atomic E-state index is 0.171. The predicted molar refractivity (Wildman–Crippen MR) is 128 cm³/mol. The number of hydrogen-bond acceptors (Lipinski definition) is 5. The van der Waals surface area contributed by atoms with Crippen molar-refractivity contribution in [3.05, 3.63) is 60.7 Å². The monoisotopic (exact) mass is 457 g/mol. The van der Waals surface area contributed by atoms with Crippen LogP contribution in [0.25, 0.3) is 0 Å². The van der Waals surface area contributed by atoms with Gasteiger partial charge in [0.05, 0.1) is 0 Å². The molecule has 0 aliphatic rings. The summed E-state index contributed by atoms with van der Waals surface area (Å²) in [7, 11) is -2.71. The summed E-state index contributed by atoms with van der Waals surface area (Å²) < 4.78 is 17.1. The van der Waals surface area contributed by atoms with Crippen LogP contribution in [0, 0.1) is 0 Å². The second-order valence-corrected chi connectivity index (χ2v) is 14.0. The zero-order chi connectivity index (χ0) is 23.8. The van der Waals surface area contributed by atoms with Crippen LogP contribution in [0.15, 0.2) is 60.7 Å². The van der Waals surface area contributed by atoms with E-state index in [2.05, 4.69) is 50.4 Å². The summed E-state index contributed by atoms with van der Waals surface area (Å²) >= 11 is 0. The first-order chi connectivity index (χ1) is 15.0. The van der Waals surface area contributed by atoms with E-state index >= 15 is 0 Å². The van der Waals surface area contributed by atoms with Crippen LogP contribution in [0.5, 0.6) is 0 Å². The molecule has 1 N–H and O–H groups in total. The van der Waals surface area contributed by atoms with Crippen molar-refractivity contribution >= 4 is 31.3 Å². The van der Waals surface area contributed by atoms with E-state index in [0.717, 1.165) is 10.4 Å². The molecule has 2 aromatic rings. The summed E-state index contributed by atoms with van der Waals surface area (Å²) in [6.45, 7) is 12.5. The Labute approximate surface area is 192 Å². The van der Waals surface area contributed by atoms with Crippen LogP contribution in [0.3, 0.4) is 0 Å². The number of nitrogens with one attached hydrogen (secondary N) is 1. The molecule has 0 aliphatic heterocycles. The maximum atomic E-state index is 12.1. The van der Waals surface area contributed by atoms with Crippen LogP contribution in [-0.2, 0) is 18.7 Å². The quantitative estimate of drug-likeness (QED) is 0.350. The van der Waals surface area contributed by atoms with Crippen molar-refractivity contribution in [3.63, 3.8) is 0 Å². The Bertz CT molecular complexity index is 820. The minimum Gasteiger partial charge on any atom is -0.444 e. The van der Waals surface area contributed by atoms with Crippen molar-refractivity contribution in [3.8, 4) is 0 Å². The molecule has 1 unspecified atom stereocenters. The van der Waals surface area contributed by atoms with Gasteiger partial charge in [-0.3, -0.25) is 10.1 Å². The summed E-state index contributed by atoms with van der Waals surface area (Å²) in [5.74, 6) is 0. The Morgan fingerprint density at radius 3 is 1.84 bits per heavy atom. The van der Waals surface area contributed by atoms with Gasteiger partial charge in [0.15, 0.2) is 6.23 Å². The Morgan fingerprint density at radius 1 is 0.938 bits per heavy atom. The molecule has 0 radical (unpaired) electrons. The molecule has 32 heavy (non-hydrogen) atoms. The molecule has 0 aliphatic carbocycles. The second-order valence-electron chi connectivity index (χ2n) is 9.67. The van der Waals surface area contributed by atoms with E-state index < -0.39 is 26.2 Å². The molecule has 2 rings (SSSR count). The fraction of sp³-hybridized carbons (Fsp3) is 0.440. The SMILES string of the molecule is CC(C)(C)OC(=O)NC(CCO[Si](c1ccccc1)(c1ccccc1)C(C)(C)C)OC=O. The van der Waals surface area contributed by atoms with Crippen molar-refractivity contribution in [2.24, 2.45) is 0 Å². The van der Waals surface area contributed by atoms with E-state index in [-0.39, 0.29) is 5.04 Å². The highest BCUT2D eigenvalue weighted by Gasteiger charge is 2.50. The summed E-state index contributed by atoms with van der Waals surface area (Å²) in [5.41, 5.74) is -0.652. The predicted octanol–water partition coefficient (Wildman–Crippen LogP) is 3.98. The highest BCUT2D eigenvalue weighted by Crippen LogP contribution is 2.36. The van der Waals surface area contributed by atoms with Crippen LogP contribution in [0.2, 0.25) is 5.04 Å². The van der Waals surface area contributed by atoms with Crippen LogP contribution in [0.1, 0.15) is 48.0 Å². The van der Waals surface area contributed by atoms with Gasteiger partial charge in [-0.2, -0.15) is 0 Å². The molecule has 0 saturated heterocycles. The van der Waals surface area contributed by atoms with Gasteiger partial charge < -0.3 is 13.9 Å². The highest BCUT2D eigenvalue weighted by molar-refractivity contribution is 6.99. The van der Waals surface area contributed by atoms with Gasteiger partial charge in [-0.15, -0.1) is 0 Å². The maximum absolute atomic E-state index is 12.1. The first kappa shape index (κ1) is 25.6. The third-order valence-electron chi connectivity index (χ3n) is 5.01. The van der Waals surface area contributed by atoms with Gasteiger partial charge in [-0.25, -0.2) is 4.79 Å². The molecule has 0 bridgehead atoms. The van der Waals surface area contributed by atoms with E-state index in [1.165, 1.54) is 0 Å². The molecule has 174 valence electrons. The normalized spacial score (nSPS) is 13.2. The standard InChI is InChI=1S/C25H35NO5Si/c1-24(2,3)31-23(28)26-22(29-19-27)17-18-30-32(25(4,5)6,20-13-9-7-10-14-20)21-15-11-8-12-16-21/h7-16,19,22H,17-18H2,1-6H3,(H,26,28). The van der Waals surface area contributed by atoms with Crippen LogP contribution >= 0.6 is 0 Å². The number of rotatable bonds is 9. The molecule has 1 atom stereocenters. The van der Waals surface area contributed by atoms with Gasteiger partial charge in [0, 0.05) is 13.0 Å². The topological polar surface area (TPSA) is 73.9 Å². The molecular formula is C25H35NO5Si. The molecular weight excluding hydrogens is 422 g/mol. The van der Waals surface area contributed by atoms with Crippen LogP contribution < -0.4 is 15.7 Å². The summed E-state index contributed by atoms with van der Waals surface area (Å²) in [6, 6.07) is 20.5. The van der Waals surface area contributed by atoms with Gasteiger partial charge in [-0.1, -0.05) is 81.4 Å². The first-order valence-corrected chi connectivity index (χ1v) is 12.7. The van der Waals surface area contributed by atoms with Gasteiger partial charge in [0.1, 0.15) is 5.60 Å². The fourth-order valence-electron chi connectivity index (χ4n) is 3.76. The molecule has 0 saturated carbocycles. The van der Waals surface area contributed by atoms with Crippen LogP contribution in [0.4, 0.5) is 4.79 Å². The highest BCUT2D eigenvalue weighted by atomic mass is 28.4. The number of alkyl carbamates (subject to hydrolysis) is 1. The molecule has 6 nitrogen and oxygen atoms in total. The molecule has 0 aromatic heterocycles. The lowest BCUT2D eigenvalue weighted by Gasteiger charge is -2.43. The lowest BCUT2D eigenvalue weighted by Crippen LogP contribution is -2.66. The average molecular weight is 458 g/mol. The Morgan fingerprint density at radius 2 is 1.44 bits per heavy atom. The average Bonchev–Trinajstić information content (AvgIpc) is 2.70. The van der Waals surface area contributed by atoms with Gasteiger partial charge in [0.2, 0.25) is 0 Å². The van der Waals surface area contributed by atoms with Crippen LogP contribution in [-0.4, -0.2) is 39.3 Å². The van der Waals surface area contributed by atoms with E-state index in [1.807, 2.05) is 36.4 Å². The van der Waals surface area contributed by atoms with Crippen molar-refractivity contribution in [1.82, 2.24) is 5.32 Å². The van der Waals surface area contributed by atoms with Crippen molar-refractivity contribution in [2.75, 3.05) is 6.61 Å². The number of hydrogen-bond donors (Lipinski definition) is 1. The third-order valence-corrected chi connectivity index (χ3v) is 10.1. The molecule has 0 heterocycles. The lowest BCUT2D eigenvalue weighted by molar-refractivity contribution is -0.135. The molecule has 2 aromatic carbocycles. The summed E-state index contributed by atoms with van der Waals surface area (Å²) in [4.78, 5) is 23.1. The van der Waals surface area contributed by atoms with E-state index in [0.29, 0.717) is 19.5 Å². The fourth-order valence-corrected chi connectivity index (χ4v) is 8.34. The smallest absolute Gasteiger partial charge is 0.410 e. The summed E-state index contributed by atoms with van der Waals surface area (Å²) in [6.07, 6.45) is -1.20. The van der Waals surface area contributed by atoms with Crippen molar-refractivity contribution < 1.29 is 23.5 Å². The van der Waals surface area contributed by atoms with E-state index in [4.69, 9.17) is 13.9 Å². The number of ether oxygens (including phenoxy) is 2. The van der Waals surface area contributed by atoms with E-state index in [1.54, 1.807) is 20.8 Å². The molecule has 7 heteroatoms. The Balaban J connectivity index is 2.28.